The van der Waals surface area contributed by atoms with Gasteiger partial charge in [0.25, 0.3) is 5.91 Å². The summed E-state index contributed by atoms with van der Waals surface area (Å²) >= 11 is 0. The van der Waals surface area contributed by atoms with E-state index in [1.54, 1.807) is 18.2 Å². The SMILES string of the molecule is CCOc1cccc2c1OCC(C(=O)NCc1cccc(OC(F)F)c1)=C2. The van der Waals surface area contributed by atoms with Crippen molar-refractivity contribution in [3.63, 3.8) is 0 Å². The summed E-state index contributed by atoms with van der Waals surface area (Å²) in [7, 11) is 0. The Morgan fingerprint density at radius 3 is 2.85 bits per heavy atom. The lowest BCUT2D eigenvalue weighted by molar-refractivity contribution is -0.117. The van der Waals surface area contributed by atoms with E-state index in [1.807, 2.05) is 25.1 Å². The molecule has 0 saturated carbocycles. The molecule has 27 heavy (non-hydrogen) atoms. The molecule has 3 rings (SSSR count). The van der Waals surface area contributed by atoms with Crippen molar-refractivity contribution in [2.75, 3.05) is 13.2 Å². The number of para-hydroxylation sites is 1. The number of carbonyl (C=O) groups excluding carboxylic acids is 1. The van der Waals surface area contributed by atoms with E-state index < -0.39 is 6.61 Å². The van der Waals surface area contributed by atoms with E-state index in [4.69, 9.17) is 9.47 Å². The molecule has 1 N–H and O–H groups in total. The topological polar surface area (TPSA) is 56.8 Å². The third kappa shape index (κ3) is 4.75. The zero-order chi connectivity index (χ0) is 19.2. The number of hydrogen-bond donors (Lipinski definition) is 1. The maximum absolute atomic E-state index is 12.4. The normalized spacial score (nSPS) is 12.7. The second kappa shape index (κ2) is 8.53. The zero-order valence-electron chi connectivity index (χ0n) is 14.7. The van der Waals surface area contributed by atoms with E-state index in [0.717, 1.165) is 5.56 Å². The van der Waals surface area contributed by atoms with Crippen molar-refractivity contribution in [3.8, 4) is 17.2 Å². The van der Waals surface area contributed by atoms with Crippen LogP contribution in [-0.2, 0) is 11.3 Å². The van der Waals surface area contributed by atoms with Crippen molar-refractivity contribution >= 4 is 12.0 Å². The second-order valence-corrected chi connectivity index (χ2v) is 5.77. The highest BCUT2D eigenvalue weighted by atomic mass is 19.3. The molecule has 0 spiro atoms. The number of nitrogens with one attached hydrogen (secondary N) is 1. The predicted octanol–water partition coefficient (Wildman–Crippen LogP) is 3.78. The molecule has 1 aliphatic heterocycles. The minimum atomic E-state index is -2.89. The maximum atomic E-state index is 12.4. The van der Waals surface area contributed by atoms with Crippen molar-refractivity contribution < 1.29 is 27.8 Å². The Morgan fingerprint density at radius 2 is 2.07 bits per heavy atom. The highest BCUT2D eigenvalue weighted by molar-refractivity contribution is 5.99. The van der Waals surface area contributed by atoms with Crippen LogP contribution in [0.25, 0.3) is 6.08 Å². The Balaban J connectivity index is 1.66. The molecule has 142 valence electrons. The molecule has 0 aliphatic carbocycles. The van der Waals surface area contributed by atoms with Gasteiger partial charge < -0.3 is 19.5 Å². The van der Waals surface area contributed by atoms with Gasteiger partial charge in [-0.3, -0.25) is 4.79 Å². The molecule has 1 heterocycles. The Hall–Kier alpha value is -3.09. The third-order valence-corrected chi connectivity index (χ3v) is 3.88. The lowest BCUT2D eigenvalue weighted by atomic mass is 10.1. The van der Waals surface area contributed by atoms with Gasteiger partial charge in [0.15, 0.2) is 11.5 Å². The predicted molar refractivity (Wildman–Crippen MR) is 96.0 cm³/mol. The van der Waals surface area contributed by atoms with E-state index in [1.165, 1.54) is 12.1 Å². The molecular weight excluding hydrogens is 356 g/mol. The molecule has 0 aromatic heterocycles. The van der Waals surface area contributed by atoms with Gasteiger partial charge in [0.2, 0.25) is 0 Å². The van der Waals surface area contributed by atoms with Crippen LogP contribution in [0.5, 0.6) is 17.2 Å². The quantitative estimate of drug-likeness (QED) is 0.800. The first-order valence-electron chi connectivity index (χ1n) is 8.48. The third-order valence-electron chi connectivity index (χ3n) is 3.88. The number of amides is 1. The van der Waals surface area contributed by atoms with E-state index in [-0.39, 0.29) is 24.8 Å². The number of rotatable bonds is 7. The fourth-order valence-corrected chi connectivity index (χ4v) is 2.71. The molecule has 2 aromatic carbocycles. The molecule has 0 saturated heterocycles. The molecule has 5 nitrogen and oxygen atoms in total. The first kappa shape index (κ1) is 18.7. The van der Waals surface area contributed by atoms with Gasteiger partial charge in [0, 0.05) is 12.1 Å². The molecule has 0 bridgehead atoms. The second-order valence-electron chi connectivity index (χ2n) is 5.77. The van der Waals surface area contributed by atoms with Crippen molar-refractivity contribution in [1.82, 2.24) is 5.32 Å². The van der Waals surface area contributed by atoms with Gasteiger partial charge >= 0.3 is 6.61 Å². The highest BCUT2D eigenvalue weighted by Gasteiger charge is 2.20. The molecular formula is C20H19F2NO4. The summed E-state index contributed by atoms with van der Waals surface area (Å²) < 4.78 is 40.2. The lowest BCUT2D eigenvalue weighted by Crippen LogP contribution is -2.28. The maximum Gasteiger partial charge on any atom is 0.387 e. The van der Waals surface area contributed by atoms with Crippen molar-refractivity contribution in [1.29, 1.82) is 0 Å². The highest BCUT2D eigenvalue weighted by Crippen LogP contribution is 2.35. The Morgan fingerprint density at radius 1 is 1.26 bits per heavy atom. The first-order valence-corrected chi connectivity index (χ1v) is 8.48. The number of ether oxygens (including phenoxy) is 3. The first-order chi connectivity index (χ1) is 13.1. The number of carbonyl (C=O) groups is 1. The van der Waals surface area contributed by atoms with Gasteiger partial charge in [-0.2, -0.15) is 8.78 Å². The largest absolute Gasteiger partial charge is 0.490 e. The molecule has 1 aliphatic rings. The van der Waals surface area contributed by atoms with Gasteiger partial charge in [-0.1, -0.05) is 24.3 Å². The average molecular weight is 375 g/mol. The number of halogens is 2. The van der Waals surface area contributed by atoms with E-state index in [2.05, 4.69) is 10.1 Å². The Kier molecular flexibility index (Phi) is 5.90. The Labute approximate surface area is 155 Å². The van der Waals surface area contributed by atoms with Crippen LogP contribution in [-0.4, -0.2) is 25.7 Å². The van der Waals surface area contributed by atoms with Crippen LogP contribution in [0.1, 0.15) is 18.1 Å². The number of alkyl halides is 2. The van der Waals surface area contributed by atoms with Crippen LogP contribution in [0.4, 0.5) is 8.78 Å². The van der Waals surface area contributed by atoms with Gasteiger partial charge in [-0.25, -0.2) is 0 Å². The smallest absolute Gasteiger partial charge is 0.387 e. The van der Waals surface area contributed by atoms with E-state index >= 15 is 0 Å². The van der Waals surface area contributed by atoms with Crippen molar-refractivity contribution in [3.05, 3.63) is 59.2 Å². The molecule has 7 heteroatoms. The van der Waals surface area contributed by atoms with Crippen LogP contribution < -0.4 is 19.5 Å². The summed E-state index contributed by atoms with van der Waals surface area (Å²) in [6.45, 7) is -0.176. The van der Waals surface area contributed by atoms with E-state index in [0.29, 0.717) is 29.2 Å². The minimum absolute atomic E-state index is 0.0503. The molecule has 2 aromatic rings. The fourth-order valence-electron chi connectivity index (χ4n) is 2.71. The summed E-state index contributed by atoms with van der Waals surface area (Å²) in [5.41, 5.74) is 1.89. The van der Waals surface area contributed by atoms with Crippen LogP contribution in [0.2, 0.25) is 0 Å². The van der Waals surface area contributed by atoms with E-state index in [9.17, 15) is 13.6 Å². The Bertz CT molecular complexity index is 852. The van der Waals surface area contributed by atoms with Crippen LogP contribution >= 0.6 is 0 Å². The standard InChI is InChI=1S/C20H19F2NO4/c1-2-25-17-8-4-6-14-10-15(12-26-18(14)17)19(24)23-11-13-5-3-7-16(9-13)27-20(21)22/h3-10,20H,2,11-12H2,1H3,(H,23,24). The van der Waals surface area contributed by atoms with Crippen LogP contribution in [0.15, 0.2) is 48.0 Å². The van der Waals surface area contributed by atoms with Crippen molar-refractivity contribution in [2.45, 2.75) is 20.1 Å². The minimum Gasteiger partial charge on any atom is -0.490 e. The summed E-state index contributed by atoms with van der Waals surface area (Å²) in [4.78, 5) is 12.4. The molecule has 0 atom stereocenters. The van der Waals surface area contributed by atoms with Gasteiger partial charge in [-0.15, -0.1) is 0 Å². The van der Waals surface area contributed by atoms with Gasteiger partial charge in [-0.05, 0) is 36.8 Å². The summed E-state index contributed by atoms with van der Waals surface area (Å²) in [5, 5.41) is 2.76. The van der Waals surface area contributed by atoms with Crippen LogP contribution in [0.3, 0.4) is 0 Å². The summed E-state index contributed by atoms with van der Waals surface area (Å²) in [6.07, 6.45) is 1.76. The zero-order valence-corrected chi connectivity index (χ0v) is 14.7. The number of fused-ring (bicyclic) bond motifs is 1. The van der Waals surface area contributed by atoms with Crippen LogP contribution in [0, 0.1) is 0 Å². The molecule has 0 radical (unpaired) electrons. The molecule has 0 fully saturated rings. The molecule has 1 amide bonds. The fraction of sp³-hybridized carbons (Fsp3) is 0.250. The summed E-state index contributed by atoms with van der Waals surface area (Å²) in [6, 6.07) is 11.7. The number of benzene rings is 2. The molecule has 0 unspecified atom stereocenters. The number of hydrogen-bond acceptors (Lipinski definition) is 4. The van der Waals surface area contributed by atoms with Gasteiger partial charge in [0.1, 0.15) is 12.4 Å². The van der Waals surface area contributed by atoms with Crippen molar-refractivity contribution in [2.24, 2.45) is 0 Å². The summed E-state index contributed by atoms with van der Waals surface area (Å²) in [5.74, 6) is 1.02. The average Bonchev–Trinajstić information content (AvgIpc) is 2.66. The lowest BCUT2D eigenvalue weighted by Gasteiger charge is -2.20. The van der Waals surface area contributed by atoms with Gasteiger partial charge in [0.05, 0.1) is 12.2 Å². The monoisotopic (exact) mass is 375 g/mol.